The summed E-state index contributed by atoms with van der Waals surface area (Å²) in [4.78, 5) is 4.18. The molecule has 102 valence electrons. The number of benzene rings is 1. The summed E-state index contributed by atoms with van der Waals surface area (Å²) < 4.78 is 12.8. The van der Waals surface area contributed by atoms with Gasteiger partial charge >= 0.3 is 0 Å². The van der Waals surface area contributed by atoms with E-state index in [4.69, 9.17) is 9.47 Å². The maximum atomic E-state index is 5.81. The van der Waals surface area contributed by atoms with E-state index in [1.165, 1.54) is 0 Å². The van der Waals surface area contributed by atoms with Crippen LogP contribution in [0.3, 0.4) is 0 Å². The second-order valence-electron chi connectivity index (χ2n) is 3.89. The maximum absolute atomic E-state index is 5.81. The van der Waals surface area contributed by atoms with Gasteiger partial charge in [-0.15, -0.1) is 0 Å². The largest absolute Gasteiger partial charge is 0.497 e. The highest BCUT2D eigenvalue weighted by Gasteiger charge is 2.08. The Bertz CT molecular complexity index is 542. The summed E-state index contributed by atoms with van der Waals surface area (Å²) >= 11 is 3.45. The Morgan fingerprint density at radius 3 is 2.89 bits per heavy atom. The molecular weight excluding hydrogens is 310 g/mol. The number of aryl methyl sites for hydroxylation is 1. The zero-order chi connectivity index (χ0) is 13.7. The van der Waals surface area contributed by atoms with E-state index < -0.39 is 0 Å². The molecule has 0 saturated carbocycles. The van der Waals surface area contributed by atoms with E-state index in [2.05, 4.69) is 26.0 Å². The third kappa shape index (κ3) is 3.26. The molecule has 19 heavy (non-hydrogen) atoms. The highest BCUT2D eigenvalue weighted by molar-refractivity contribution is 9.08. The number of halogens is 1. The van der Waals surface area contributed by atoms with Gasteiger partial charge in [-0.25, -0.2) is 9.67 Å². The lowest BCUT2D eigenvalue weighted by molar-refractivity contribution is 0.284. The molecule has 1 aromatic carbocycles. The van der Waals surface area contributed by atoms with E-state index in [0.717, 1.165) is 29.4 Å². The first kappa shape index (κ1) is 13.9. The number of hydrogen-bond donors (Lipinski definition) is 0. The summed E-state index contributed by atoms with van der Waals surface area (Å²) in [6, 6.07) is 5.74. The molecule has 0 unspecified atom stereocenters. The van der Waals surface area contributed by atoms with E-state index in [-0.39, 0.29) is 0 Å². The van der Waals surface area contributed by atoms with Gasteiger partial charge in [-0.3, -0.25) is 0 Å². The fraction of sp³-hybridized carbons (Fsp3) is 0.385. The van der Waals surface area contributed by atoms with E-state index in [1.807, 2.05) is 29.8 Å². The van der Waals surface area contributed by atoms with Crippen LogP contribution in [0.5, 0.6) is 11.5 Å². The van der Waals surface area contributed by atoms with Gasteiger partial charge < -0.3 is 9.47 Å². The molecule has 0 radical (unpaired) electrons. The number of methoxy groups -OCH3 is 1. The lowest BCUT2D eigenvalue weighted by Gasteiger charge is -2.11. The molecule has 0 bridgehead atoms. The van der Waals surface area contributed by atoms with Crippen molar-refractivity contribution < 1.29 is 9.47 Å². The normalized spacial score (nSPS) is 10.5. The molecule has 1 heterocycles. The number of ether oxygens (including phenoxy) is 2. The molecule has 0 spiro atoms. The summed E-state index contributed by atoms with van der Waals surface area (Å²) in [5.74, 6) is 2.46. The molecule has 0 aliphatic carbocycles. The quantitative estimate of drug-likeness (QED) is 0.766. The Morgan fingerprint density at radius 2 is 2.21 bits per heavy atom. The van der Waals surface area contributed by atoms with Crippen LogP contribution in [0.2, 0.25) is 0 Å². The molecule has 2 rings (SSSR count). The molecule has 0 aliphatic rings. The van der Waals surface area contributed by atoms with Crippen LogP contribution >= 0.6 is 15.9 Å². The first-order valence-electron chi connectivity index (χ1n) is 6.00. The lowest BCUT2D eigenvalue weighted by Crippen LogP contribution is -2.07. The topological polar surface area (TPSA) is 49.2 Å². The van der Waals surface area contributed by atoms with Crippen LogP contribution in [0.15, 0.2) is 24.5 Å². The number of aromatic nitrogens is 3. The van der Waals surface area contributed by atoms with Crippen molar-refractivity contribution in [1.29, 1.82) is 0 Å². The molecule has 0 aliphatic heterocycles. The summed E-state index contributed by atoms with van der Waals surface area (Å²) in [6.07, 6.45) is 1.54. The van der Waals surface area contributed by atoms with Gasteiger partial charge in [-0.05, 0) is 25.1 Å². The van der Waals surface area contributed by atoms with Gasteiger partial charge in [0.1, 0.15) is 24.4 Å². The molecule has 0 saturated heterocycles. The third-order valence-corrected chi connectivity index (χ3v) is 3.37. The number of nitrogens with zero attached hydrogens (tertiary/aromatic N) is 3. The van der Waals surface area contributed by atoms with Crippen molar-refractivity contribution in [3.8, 4) is 11.5 Å². The highest BCUT2D eigenvalue weighted by Crippen LogP contribution is 2.26. The molecule has 0 fully saturated rings. The Balaban J connectivity index is 2.11. The van der Waals surface area contributed by atoms with Crippen molar-refractivity contribution in [3.63, 3.8) is 0 Å². The Morgan fingerprint density at radius 1 is 1.37 bits per heavy atom. The molecule has 0 N–H and O–H groups in total. The predicted octanol–water partition coefficient (Wildman–Crippen LogP) is 2.78. The van der Waals surface area contributed by atoms with Gasteiger partial charge in [-0.1, -0.05) is 15.9 Å². The van der Waals surface area contributed by atoms with E-state index in [0.29, 0.717) is 11.9 Å². The third-order valence-electron chi connectivity index (χ3n) is 2.76. The highest BCUT2D eigenvalue weighted by atomic mass is 79.9. The zero-order valence-corrected chi connectivity index (χ0v) is 12.6. The van der Waals surface area contributed by atoms with Crippen LogP contribution < -0.4 is 9.47 Å². The van der Waals surface area contributed by atoms with Crippen molar-refractivity contribution in [2.75, 3.05) is 7.11 Å². The molecule has 2 aromatic rings. The second kappa shape index (κ2) is 6.56. The van der Waals surface area contributed by atoms with E-state index in [9.17, 15) is 0 Å². The monoisotopic (exact) mass is 325 g/mol. The summed E-state index contributed by atoms with van der Waals surface area (Å²) in [7, 11) is 1.65. The lowest BCUT2D eigenvalue weighted by atomic mass is 10.2. The van der Waals surface area contributed by atoms with E-state index in [1.54, 1.807) is 13.4 Å². The fourth-order valence-electron chi connectivity index (χ4n) is 1.73. The van der Waals surface area contributed by atoms with Gasteiger partial charge in [0, 0.05) is 17.4 Å². The second-order valence-corrected chi connectivity index (χ2v) is 4.45. The molecule has 1 aromatic heterocycles. The Labute approximate surface area is 120 Å². The average Bonchev–Trinajstić information content (AvgIpc) is 2.92. The fourth-order valence-corrected chi connectivity index (χ4v) is 2.17. The van der Waals surface area contributed by atoms with Gasteiger partial charge in [0.05, 0.1) is 7.11 Å². The Kier molecular flexibility index (Phi) is 4.79. The van der Waals surface area contributed by atoms with Crippen LogP contribution in [0.4, 0.5) is 0 Å². The van der Waals surface area contributed by atoms with Crippen molar-refractivity contribution >= 4 is 15.9 Å². The number of rotatable bonds is 6. The molecule has 5 nitrogen and oxygen atoms in total. The average molecular weight is 326 g/mol. The van der Waals surface area contributed by atoms with E-state index >= 15 is 0 Å². The van der Waals surface area contributed by atoms with Crippen molar-refractivity contribution in [3.05, 3.63) is 35.9 Å². The van der Waals surface area contributed by atoms with Crippen LogP contribution in [0.1, 0.15) is 18.3 Å². The summed E-state index contributed by atoms with van der Waals surface area (Å²) in [5, 5.41) is 4.82. The standard InChI is InChI=1S/C13H16BrN3O2/c1-3-17-13(15-9-16-17)8-19-12-5-4-11(18-2)6-10(12)7-14/h4-6,9H,3,7-8H2,1-2H3. The van der Waals surface area contributed by atoms with Crippen molar-refractivity contribution in [2.45, 2.75) is 25.4 Å². The van der Waals surface area contributed by atoms with Gasteiger partial charge in [0.2, 0.25) is 0 Å². The Hall–Kier alpha value is -1.56. The first-order chi connectivity index (χ1) is 9.28. The van der Waals surface area contributed by atoms with Crippen molar-refractivity contribution in [1.82, 2.24) is 14.8 Å². The minimum absolute atomic E-state index is 0.403. The molecular formula is C13H16BrN3O2. The minimum Gasteiger partial charge on any atom is -0.497 e. The SMILES string of the molecule is CCn1ncnc1COc1ccc(OC)cc1CBr. The van der Waals surface area contributed by atoms with Crippen molar-refractivity contribution in [2.24, 2.45) is 0 Å². The molecule has 0 atom stereocenters. The number of alkyl halides is 1. The predicted molar refractivity (Wildman–Crippen MR) is 75.7 cm³/mol. The number of hydrogen-bond acceptors (Lipinski definition) is 4. The summed E-state index contributed by atoms with van der Waals surface area (Å²) in [5.41, 5.74) is 1.04. The van der Waals surface area contributed by atoms with Crippen LogP contribution in [-0.4, -0.2) is 21.9 Å². The first-order valence-corrected chi connectivity index (χ1v) is 7.13. The molecule has 6 heteroatoms. The minimum atomic E-state index is 0.403. The van der Waals surface area contributed by atoms with Gasteiger partial charge in [0.25, 0.3) is 0 Å². The molecule has 0 amide bonds. The maximum Gasteiger partial charge on any atom is 0.164 e. The van der Waals surface area contributed by atoms with Gasteiger partial charge in [-0.2, -0.15) is 5.10 Å². The van der Waals surface area contributed by atoms with Crippen LogP contribution in [0.25, 0.3) is 0 Å². The summed E-state index contributed by atoms with van der Waals surface area (Å²) in [6.45, 7) is 3.21. The van der Waals surface area contributed by atoms with Crippen LogP contribution in [-0.2, 0) is 18.5 Å². The van der Waals surface area contributed by atoms with Gasteiger partial charge in [0.15, 0.2) is 5.82 Å². The zero-order valence-electron chi connectivity index (χ0n) is 11.0. The smallest absolute Gasteiger partial charge is 0.164 e. The van der Waals surface area contributed by atoms with Crippen LogP contribution in [0, 0.1) is 0 Å².